The van der Waals surface area contributed by atoms with E-state index in [9.17, 15) is 0 Å². The number of aromatic amines is 1. The number of rotatable bonds is 3. The highest BCUT2D eigenvalue weighted by Crippen LogP contribution is 2.38. The van der Waals surface area contributed by atoms with Gasteiger partial charge in [-0.25, -0.2) is 9.97 Å². The number of nitrogens with two attached hydrogens (primary N) is 1. The van der Waals surface area contributed by atoms with Gasteiger partial charge >= 0.3 is 0 Å². The molecular formula is C15H14Cl2N4O. The van der Waals surface area contributed by atoms with Crippen molar-refractivity contribution in [1.29, 1.82) is 0 Å². The number of aromatic nitrogens is 3. The van der Waals surface area contributed by atoms with Gasteiger partial charge in [-0.1, -0.05) is 23.2 Å². The largest absolute Gasteiger partial charge is 0.489 e. The van der Waals surface area contributed by atoms with Crippen LogP contribution in [0, 0.1) is 0 Å². The average molecular weight is 337 g/mol. The predicted molar refractivity (Wildman–Crippen MR) is 89.5 cm³/mol. The number of ether oxygens (including phenoxy) is 1. The van der Waals surface area contributed by atoms with Crippen molar-refractivity contribution in [3.63, 3.8) is 0 Å². The van der Waals surface area contributed by atoms with Crippen molar-refractivity contribution in [3.8, 4) is 17.0 Å². The maximum atomic E-state index is 6.34. The topological polar surface area (TPSA) is 76.8 Å². The van der Waals surface area contributed by atoms with Gasteiger partial charge in [0.2, 0.25) is 5.95 Å². The fraction of sp³-hybridized carbons (Fsp3) is 0.200. The number of nitrogen functional groups attached to an aromatic ring is 1. The number of fused-ring (bicyclic) bond motifs is 1. The van der Waals surface area contributed by atoms with Gasteiger partial charge in [-0.2, -0.15) is 0 Å². The van der Waals surface area contributed by atoms with Crippen molar-refractivity contribution < 1.29 is 4.74 Å². The van der Waals surface area contributed by atoms with Crippen LogP contribution in [0.25, 0.3) is 22.3 Å². The van der Waals surface area contributed by atoms with E-state index >= 15 is 0 Å². The van der Waals surface area contributed by atoms with Crippen LogP contribution < -0.4 is 10.5 Å². The molecule has 0 fully saturated rings. The summed E-state index contributed by atoms with van der Waals surface area (Å²) in [6.45, 7) is 3.85. The highest BCUT2D eigenvalue weighted by Gasteiger charge is 2.16. The summed E-state index contributed by atoms with van der Waals surface area (Å²) in [4.78, 5) is 11.6. The Morgan fingerprint density at radius 2 is 1.95 bits per heavy atom. The SMILES string of the molecule is CC(C)Oc1cc(-c2nc(N)nc3cc[nH]c23)c(Cl)cc1Cl. The molecule has 3 rings (SSSR count). The average Bonchev–Trinajstić information content (AvgIpc) is 2.88. The monoisotopic (exact) mass is 336 g/mol. The van der Waals surface area contributed by atoms with Gasteiger partial charge in [-0.05, 0) is 32.0 Å². The molecule has 0 aliphatic carbocycles. The maximum Gasteiger partial charge on any atom is 0.221 e. The van der Waals surface area contributed by atoms with Gasteiger partial charge < -0.3 is 15.5 Å². The van der Waals surface area contributed by atoms with Crippen molar-refractivity contribution in [2.45, 2.75) is 20.0 Å². The van der Waals surface area contributed by atoms with E-state index in [1.54, 1.807) is 18.3 Å². The molecule has 2 heterocycles. The van der Waals surface area contributed by atoms with Crippen LogP contribution in [0.5, 0.6) is 5.75 Å². The van der Waals surface area contributed by atoms with Crippen LogP contribution in [0.15, 0.2) is 24.4 Å². The molecule has 3 aromatic rings. The Kier molecular flexibility index (Phi) is 3.85. The number of hydrogen-bond donors (Lipinski definition) is 2. The van der Waals surface area contributed by atoms with E-state index in [0.717, 1.165) is 11.0 Å². The van der Waals surface area contributed by atoms with E-state index in [0.29, 0.717) is 27.1 Å². The fourth-order valence-corrected chi connectivity index (χ4v) is 2.73. The van der Waals surface area contributed by atoms with E-state index in [4.69, 9.17) is 33.7 Å². The first-order valence-electron chi connectivity index (χ1n) is 6.72. The molecule has 0 radical (unpaired) electrons. The van der Waals surface area contributed by atoms with E-state index in [1.165, 1.54) is 0 Å². The molecule has 114 valence electrons. The van der Waals surface area contributed by atoms with Crippen LogP contribution >= 0.6 is 23.2 Å². The molecule has 0 aliphatic heterocycles. The van der Waals surface area contributed by atoms with Crippen molar-refractivity contribution in [2.24, 2.45) is 0 Å². The fourth-order valence-electron chi connectivity index (χ4n) is 2.21. The summed E-state index contributed by atoms with van der Waals surface area (Å²) in [6.07, 6.45) is 1.77. The van der Waals surface area contributed by atoms with Crippen LogP contribution in [0.2, 0.25) is 10.0 Å². The Balaban J connectivity index is 2.23. The van der Waals surface area contributed by atoms with Gasteiger partial charge in [0.25, 0.3) is 0 Å². The molecule has 3 N–H and O–H groups in total. The maximum absolute atomic E-state index is 6.34. The normalized spacial score (nSPS) is 11.3. The van der Waals surface area contributed by atoms with Gasteiger partial charge in [0.1, 0.15) is 11.4 Å². The number of H-pyrrole nitrogens is 1. The minimum atomic E-state index is -0.00694. The Bertz CT molecular complexity index is 845. The molecule has 1 aromatic carbocycles. The second-order valence-electron chi connectivity index (χ2n) is 5.10. The second kappa shape index (κ2) is 5.66. The lowest BCUT2D eigenvalue weighted by Gasteiger charge is -2.14. The number of halogens is 2. The van der Waals surface area contributed by atoms with Crippen LogP contribution in [0.3, 0.4) is 0 Å². The molecule has 5 nitrogen and oxygen atoms in total. The molecule has 7 heteroatoms. The number of anilines is 1. The highest BCUT2D eigenvalue weighted by atomic mass is 35.5. The lowest BCUT2D eigenvalue weighted by atomic mass is 10.1. The zero-order valence-electron chi connectivity index (χ0n) is 12.0. The van der Waals surface area contributed by atoms with Gasteiger partial charge in [-0.15, -0.1) is 0 Å². The summed E-state index contributed by atoms with van der Waals surface area (Å²) in [5.74, 6) is 0.729. The van der Waals surface area contributed by atoms with E-state index < -0.39 is 0 Å². The van der Waals surface area contributed by atoms with Gasteiger partial charge in [0.05, 0.1) is 27.2 Å². The summed E-state index contributed by atoms with van der Waals surface area (Å²) in [7, 11) is 0. The molecule has 0 amide bonds. The van der Waals surface area contributed by atoms with Crippen molar-refractivity contribution in [1.82, 2.24) is 15.0 Å². The number of nitrogens with zero attached hydrogens (tertiary/aromatic N) is 2. The third-order valence-corrected chi connectivity index (χ3v) is 3.67. The molecule has 0 aliphatic rings. The molecule has 2 aromatic heterocycles. The molecular weight excluding hydrogens is 323 g/mol. The highest BCUT2D eigenvalue weighted by molar-refractivity contribution is 6.37. The van der Waals surface area contributed by atoms with Crippen LogP contribution in [0.4, 0.5) is 5.95 Å². The first kappa shape index (κ1) is 14.9. The molecule has 0 saturated carbocycles. The van der Waals surface area contributed by atoms with Crippen molar-refractivity contribution in [2.75, 3.05) is 5.73 Å². The van der Waals surface area contributed by atoms with Crippen LogP contribution in [0.1, 0.15) is 13.8 Å². The Hall–Kier alpha value is -1.98. The number of benzene rings is 1. The lowest BCUT2D eigenvalue weighted by Crippen LogP contribution is -2.06. The summed E-state index contributed by atoms with van der Waals surface area (Å²) < 4.78 is 5.71. The quantitative estimate of drug-likeness (QED) is 0.747. The summed E-state index contributed by atoms with van der Waals surface area (Å²) in [6, 6.07) is 5.24. The molecule has 0 spiro atoms. The third kappa shape index (κ3) is 2.69. The van der Waals surface area contributed by atoms with E-state index in [1.807, 2.05) is 19.9 Å². The Labute approximate surface area is 137 Å². The minimum Gasteiger partial charge on any atom is -0.489 e. The third-order valence-electron chi connectivity index (χ3n) is 3.06. The number of nitrogens with one attached hydrogen (secondary N) is 1. The van der Waals surface area contributed by atoms with Crippen LogP contribution in [-0.2, 0) is 0 Å². The van der Waals surface area contributed by atoms with E-state index in [-0.39, 0.29) is 12.1 Å². The molecule has 0 saturated heterocycles. The van der Waals surface area contributed by atoms with Crippen molar-refractivity contribution in [3.05, 3.63) is 34.4 Å². The lowest BCUT2D eigenvalue weighted by molar-refractivity contribution is 0.242. The zero-order chi connectivity index (χ0) is 15.9. The number of hydrogen-bond acceptors (Lipinski definition) is 4. The second-order valence-corrected chi connectivity index (χ2v) is 5.91. The molecule has 0 unspecified atom stereocenters. The first-order chi connectivity index (χ1) is 10.5. The zero-order valence-corrected chi connectivity index (χ0v) is 13.5. The molecule has 0 bridgehead atoms. The van der Waals surface area contributed by atoms with Gasteiger partial charge in [0.15, 0.2) is 0 Å². The molecule has 22 heavy (non-hydrogen) atoms. The van der Waals surface area contributed by atoms with Gasteiger partial charge in [-0.3, -0.25) is 0 Å². The van der Waals surface area contributed by atoms with Crippen molar-refractivity contribution >= 4 is 40.2 Å². The minimum absolute atomic E-state index is 0.00694. The smallest absolute Gasteiger partial charge is 0.221 e. The summed E-state index contributed by atoms with van der Waals surface area (Å²) in [5.41, 5.74) is 8.56. The summed E-state index contributed by atoms with van der Waals surface area (Å²) >= 11 is 12.5. The Morgan fingerprint density at radius 3 is 2.68 bits per heavy atom. The molecule has 0 atom stereocenters. The van der Waals surface area contributed by atoms with Gasteiger partial charge in [0, 0.05) is 11.8 Å². The standard InChI is InChI=1S/C15H14Cl2N4O/c1-7(2)22-12-5-8(9(16)6-10(12)17)13-14-11(3-4-19-14)20-15(18)21-13/h3-7,19H,1-2H3,(H2,18,20,21). The first-order valence-corrected chi connectivity index (χ1v) is 7.48. The van der Waals surface area contributed by atoms with E-state index in [2.05, 4.69) is 15.0 Å². The van der Waals surface area contributed by atoms with Crippen LogP contribution in [-0.4, -0.2) is 21.1 Å². The summed E-state index contributed by atoms with van der Waals surface area (Å²) in [5, 5.41) is 0.919. The Morgan fingerprint density at radius 1 is 1.18 bits per heavy atom. The predicted octanol–water partition coefficient (Wildman–Crippen LogP) is 4.30.